The second-order valence-corrected chi connectivity index (χ2v) is 7.21. The summed E-state index contributed by atoms with van der Waals surface area (Å²) >= 11 is 0. The van der Waals surface area contributed by atoms with E-state index < -0.39 is 5.79 Å². The molecular weight excluding hydrogens is 264 g/mol. The van der Waals surface area contributed by atoms with E-state index in [1.54, 1.807) is 0 Å². The van der Waals surface area contributed by atoms with Gasteiger partial charge in [0.1, 0.15) is 5.78 Å². The molecule has 1 rings (SSSR count). The number of aliphatic hydroxyl groups is 2. The molecule has 0 aliphatic heterocycles. The van der Waals surface area contributed by atoms with Crippen LogP contribution in [0, 0.1) is 11.8 Å². The first-order valence-corrected chi connectivity index (χ1v) is 8.87. The van der Waals surface area contributed by atoms with Crippen molar-refractivity contribution in [3.8, 4) is 0 Å². The van der Waals surface area contributed by atoms with E-state index in [0.717, 1.165) is 19.3 Å². The molecule has 1 fully saturated rings. The second kappa shape index (κ2) is 9.58. The van der Waals surface area contributed by atoms with Gasteiger partial charge in [-0.25, -0.2) is 0 Å². The lowest BCUT2D eigenvalue weighted by atomic mass is 9.84. The third kappa shape index (κ3) is 8.57. The number of Topliss-reactive ketones (excluding diaryl/α,β-unsaturated/α-hetero) is 1. The average molecular weight is 298 g/mol. The Morgan fingerprint density at radius 2 is 1.38 bits per heavy atom. The SMILES string of the molecule is CC1CC(=O)CCCCCCCCCCC(O)(O)CC1C. The van der Waals surface area contributed by atoms with Gasteiger partial charge in [0, 0.05) is 25.7 Å². The minimum atomic E-state index is -1.56. The highest BCUT2D eigenvalue weighted by molar-refractivity contribution is 5.78. The van der Waals surface area contributed by atoms with Crippen molar-refractivity contribution < 1.29 is 15.0 Å². The van der Waals surface area contributed by atoms with Crippen molar-refractivity contribution >= 4 is 5.78 Å². The van der Waals surface area contributed by atoms with Crippen LogP contribution in [-0.4, -0.2) is 21.8 Å². The Kier molecular flexibility index (Phi) is 8.50. The molecule has 124 valence electrons. The van der Waals surface area contributed by atoms with E-state index in [9.17, 15) is 15.0 Å². The third-order valence-corrected chi connectivity index (χ3v) is 4.95. The normalized spacial score (nSPS) is 31.0. The number of rotatable bonds is 0. The van der Waals surface area contributed by atoms with Gasteiger partial charge in [-0.05, 0) is 24.7 Å². The predicted octanol–water partition coefficient (Wildman–Crippen LogP) is 4.20. The Balaban J connectivity index is 2.52. The molecule has 1 aliphatic rings. The maximum absolute atomic E-state index is 12.0. The summed E-state index contributed by atoms with van der Waals surface area (Å²) in [7, 11) is 0. The van der Waals surface area contributed by atoms with Crippen LogP contribution in [0.5, 0.6) is 0 Å². The van der Waals surface area contributed by atoms with E-state index in [0.29, 0.717) is 31.5 Å². The largest absolute Gasteiger partial charge is 0.366 e. The molecule has 0 aromatic heterocycles. The van der Waals surface area contributed by atoms with Crippen molar-refractivity contribution in [1.82, 2.24) is 0 Å². The fourth-order valence-corrected chi connectivity index (χ4v) is 3.27. The Hall–Kier alpha value is -0.410. The lowest BCUT2D eigenvalue weighted by Crippen LogP contribution is -2.32. The summed E-state index contributed by atoms with van der Waals surface area (Å²) < 4.78 is 0. The Morgan fingerprint density at radius 1 is 0.857 bits per heavy atom. The van der Waals surface area contributed by atoms with Crippen LogP contribution in [0.2, 0.25) is 0 Å². The summed E-state index contributed by atoms with van der Waals surface area (Å²) in [6.07, 6.45) is 11.1. The van der Waals surface area contributed by atoms with Crippen molar-refractivity contribution in [3.63, 3.8) is 0 Å². The number of hydrogen-bond donors (Lipinski definition) is 2. The molecule has 0 aromatic rings. The monoisotopic (exact) mass is 298 g/mol. The lowest BCUT2D eigenvalue weighted by molar-refractivity contribution is -0.181. The van der Waals surface area contributed by atoms with Gasteiger partial charge in [0.15, 0.2) is 5.79 Å². The molecule has 0 spiro atoms. The zero-order chi connectivity index (χ0) is 15.7. The van der Waals surface area contributed by atoms with Gasteiger partial charge in [0.25, 0.3) is 0 Å². The maximum Gasteiger partial charge on any atom is 0.162 e. The third-order valence-electron chi connectivity index (χ3n) is 4.95. The molecule has 2 unspecified atom stereocenters. The van der Waals surface area contributed by atoms with Gasteiger partial charge < -0.3 is 10.2 Å². The van der Waals surface area contributed by atoms with Gasteiger partial charge in [0.05, 0.1) is 0 Å². The summed E-state index contributed by atoms with van der Waals surface area (Å²) in [5.74, 6) is -0.836. The van der Waals surface area contributed by atoms with Gasteiger partial charge in [-0.2, -0.15) is 0 Å². The van der Waals surface area contributed by atoms with Crippen LogP contribution in [0.1, 0.15) is 90.9 Å². The van der Waals surface area contributed by atoms with Gasteiger partial charge in [-0.15, -0.1) is 0 Å². The molecule has 0 saturated heterocycles. The molecule has 2 atom stereocenters. The van der Waals surface area contributed by atoms with E-state index in [4.69, 9.17) is 0 Å². The summed E-state index contributed by atoms with van der Waals surface area (Å²) in [5.41, 5.74) is 0. The molecule has 0 bridgehead atoms. The van der Waals surface area contributed by atoms with Crippen molar-refractivity contribution in [3.05, 3.63) is 0 Å². The minimum Gasteiger partial charge on any atom is -0.366 e. The van der Waals surface area contributed by atoms with E-state index in [1.807, 2.05) is 6.92 Å². The van der Waals surface area contributed by atoms with Crippen LogP contribution in [0.4, 0.5) is 0 Å². The summed E-state index contributed by atoms with van der Waals surface area (Å²) in [6.45, 7) is 4.09. The zero-order valence-electron chi connectivity index (χ0n) is 13.9. The zero-order valence-corrected chi connectivity index (χ0v) is 13.9. The fraction of sp³-hybridized carbons (Fsp3) is 0.944. The smallest absolute Gasteiger partial charge is 0.162 e. The molecule has 0 aromatic carbocycles. The molecule has 0 heterocycles. The molecular formula is C18H34O3. The van der Waals surface area contributed by atoms with Gasteiger partial charge in [-0.3, -0.25) is 4.79 Å². The molecule has 0 amide bonds. The van der Waals surface area contributed by atoms with Gasteiger partial charge in [0.2, 0.25) is 0 Å². The van der Waals surface area contributed by atoms with E-state index >= 15 is 0 Å². The van der Waals surface area contributed by atoms with Crippen LogP contribution in [0.15, 0.2) is 0 Å². The molecule has 3 heteroatoms. The summed E-state index contributed by atoms with van der Waals surface area (Å²) in [4.78, 5) is 12.0. The lowest BCUT2D eigenvalue weighted by Gasteiger charge is -2.28. The maximum atomic E-state index is 12.0. The van der Waals surface area contributed by atoms with Crippen molar-refractivity contribution in [2.24, 2.45) is 11.8 Å². The predicted molar refractivity (Wildman–Crippen MR) is 85.9 cm³/mol. The van der Waals surface area contributed by atoms with Crippen LogP contribution >= 0.6 is 0 Å². The second-order valence-electron chi connectivity index (χ2n) is 7.21. The van der Waals surface area contributed by atoms with Crippen LogP contribution in [-0.2, 0) is 4.79 Å². The fourth-order valence-electron chi connectivity index (χ4n) is 3.27. The Morgan fingerprint density at radius 3 is 2.00 bits per heavy atom. The summed E-state index contributed by atoms with van der Waals surface area (Å²) in [6, 6.07) is 0. The number of carbonyl (C=O) groups is 1. The van der Waals surface area contributed by atoms with Gasteiger partial charge >= 0.3 is 0 Å². The van der Waals surface area contributed by atoms with Crippen molar-refractivity contribution in [1.29, 1.82) is 0 Å². The standard InChI is InChI=1S/C18H34O3/c1-15-13-17(19)11-9-7-5-3-4-6-8-10-12-18(20,21)14-16(15)2/h15-16,20-21H,3-14H2,1-2H3. The molecule has 1 aliphatic carbocycles. The molecule has 3 nitrogen and oxygen atoms in total. The first kappa shape index (κ1) is 18.6. The quantitative estimate of drug-likeness (QED) is 0.659. The van der Waals surface area contributed by atoms with E-state index in [2.05, 4.69) is 6.92 Å². The average Bonchev–Trinajstić information content (AvgIpc) is 2.39. The number of carbonyl (C=O) groups excluding carboxylic acids is 1. The summed E-state index contributed by atoms with van der Waals surface area (Å²) in [5, 5.41) is 20.2. The number of ketones is 1. The van der Waals surface area contributed by atoms with Gasteiger partial charge in [-0.1, -0.05) is 52.4 Å². The van der Waals surface area contributed by atoms with E-state index in [1.165, 1.54) is 32.1 Å². The molecule has 2 N–H and O–H groups in total. The molecule has 0 radical (unpaired) electrons. The molecule has 1 saturated carbocycles. The first-order chi connectivity index (χ1) is 9.91. The Bertz CT molecular complexity index is 299. The highest BCUT2D eigenvalue weighted by atomic mass is 16.5. The minimum absolute atomic E-state index is 0.164. The van der Waals surface area contributed by atoms with Crippen LogP contribution in [0.3, 0.4) is 0 Å². The highest BCUT2D eigenvalue weighted by Gasteiger charge is 2.28. The molecule has 21 heavy (non-hydrogen) atoms. The number of hydrogen-bond acceptors (Lipinski definition) is 3. The van der Waals surface area contributed by atoms with Crippen LogP contribution in [0.25, 0.3) is 0 Å². The Labute approximate surface area is 130 Å². The highest BCUT2D eigenvalue weighted by Crippen LogP contribution is 2.28. The van der Waals surface area contributed by atoms with Crippen LogP contribution < -0.4 is 0 Å². The first-order valence-electron chi connectivity index (χ1n) is 8.87. The van der Waals surface area contributed by atoms with Crippen molar-refractivity contribution in [2.75, 3.05) is 0 Å². The van der Waals surface area contributed by atoms with E-state index in [-0.39, 0.29) is 11.8 Å². The topological polar surface area (TPSA) is 57.5 Å². The van der Waals surface area contributed by atoms with Crippen molar-refractivity contribution in [2.45, 2.75) is 96.7 Å².